The maximum Gasteiger partial charge on any atom is 0.313 e. The molecule has 5 nitrogen and oxygen atoms in total. The van der Waals surface area contributed by atoms with Crippen LogP contribution in [0.3, 0.4) is 0 Å². The number of carboxylic acid groups (broad SMARTS) is 1. The highest BCUT2D eigenvalue weighted by molar-refractivity contribution is 7.99. The molecular formula is C10H17N3O2S. The van der Waals surface area contributed by atoms with Gasteiger partial charge in [0, 0.05) is 6.54 Å². The largest absolute Gasteiger partial charge is 0.481 e. The highest BCUT2D eigenvalue weighted by Gasteiger charge is 2.11. The van der Waals surface area contributed by atoms with Crippen molar-refractivity contribution < 1.29 is 9.90 Å². The van der Waals surface area contributed by atoms with Crippen molar-refractivity contribution in [2.75, 3.05) is 5.75 Å². The fourth-order valence-electron chi connectivity index (χ4n) is 1.24. The first kappa shape index (κ1) is 13.0. The van der Waals surface area contributed by atoms with E-state index in [1.807, 2.05) is 11.5 Å². The van der Waals surface area contributed by atoms with E-state index in [9.17, 15) is 4.79 Å². The van der Waals surface area contributed by atoms with Crippen molar-refractivity contribution >= 4 is 17.7 Å². The average molecular weight is 243 g/mol. The normalized spacial score (nSPS) is 11.0. The van der Waals surface area contributed by atoms with Crippen molar-refractivity contribution in [3.8, 4) is 0 Å². The van der Waals surface area contributed by atoms with Crippen molar-refractivity contribution in [1.82, 2.24) is 14.8 Å². The average Bonchev–Trinajstić information content (AvgIpc) is 2.53. The van der Waals surface area contributed by atoms with E-state index in [1.165, 1.54) is 11.8 Å². The van der Waals surface area contributed by atoms with Gasteiger partial charge in [0.15, 0.2) is 5.16 Å². The van der Waals surface area contributed by atoms with E-state index in [4.69, 9.17) is 5.11 Å². The molecule has 6 heteroatoms. The van der Waals surface area contributed by atoms with Crippen LogP contribution in [0.5, 0.6) is 0 Å². The smallest absolute Gasteiger partial charge is 0.313 e. The highest BCUT2D eigenvalue weighted by Crippen LogP contribution is 2.17. The first-order chi connectivity index (χ1) is 7.50. The summed E-state index contributed by atoms with van der Waals surface area (Å²) in [4.78, 5) is 10.5. The van der Waals surface area contributed by atoms with Crippen LogP contribution in [-0.2, 0) is 11.3 Å². The van der Waals surface area contributed by atoms with Crippen LogP contribution >= 0.6 is 11.8 Å². The summed E-state index contributed by atoms with van der Waals surface area (Å²) in [5.74, 6) is 0.647. The number of aromatic nitrogens is 3. The van der Waals surface area contributed by atoms with E-state index in [2.05, 4.69) is 24.0 Å². The van der Waals surface area contributed by atoms with Gasteiger partial charge in [0.25, 0.3) is 0 Å². The van der Waals surface area contributed by atoms with Crippen LogP contribution in [0.25, 0.3) is 0 Å². The zero-order valence-corrected chi connectivity index (χ0v) is 10.6. The Bertz CT molecular complexity index is 363. The lowest BCUT2D eigenvalue weighted by Gasteiger charge is -2.09. The second-order valence-electron chi connectivity index (χ2n) is 4.05. The van der Waals surface area contributed by atoms with Crippen molar-refractivity contribution in [3.63, 3.8) is 0 Å². The standard InChI is InChI=1S/C10H17N3O2S/c1-7(2)4-5-13-8(3)11-12-10(13)16-6-9(14)15/h7H,4-6H2,1-3H3,(H,14,15). The predicted octanol–water partition coefficient (Wildman–Crippen LogP) is 1.81. The van der Waals surface area contributed by atoms with Crippen LogP contribution in [0, 0.1) is 12.8 Å². The second-order valence-corrected chi connectivity index (χ2v) is 4.99. The third-order valence-corrected chi connectivity index (χ3v) is 3.11. The van der Waals surface area contributed by atoms with Crippen molar-refractivity contribution in [2.45, 2.75) is 38.9 Å². The number of aryl methyl sites for hydroxylation is 1. The number of aliphatic carboxylic acids is 1. The van der Waals surface area contributed by atoms with Crippen molar-refractivity contribution in [1.29, 1.82) is 0 Å². The molecule has 0 aromatic carbocycles. The Morgan fingerprint density at radius 1 is 1.50 bits per heavy atom. The minimum Gasteiger partial charge on any atom is -0.481 e. The Hall–Kier alpha value is -1.04. The Morgan fingerprint density at radius 3 is 2.75 bits per heavy atom. The lowest BCUT2D eigenvalue weighted by molar-refractivity contribution is -0.133. The zero-order chi connectivity index (χ0) is 12.1. The molecule has 0 radical (unpaired) electrons. The highest BCUT2D eigenvalue weighted by atomic mass is 32.2. The van der Waals surface area contributed by atoms with Crippen molar-refractivity contribution in [2.24, 2.45) is 5.92 Å². The fourth-order valence-corrected chi connectivity index (χ4v) is 1.97. The fraction of sp³-hybridized carbons (Fsp3) is 0.700. The van der Waals surface area contributed by atoms with E-state index in [-0.39, 0.29) is 5.75 Å². The second kappa shape index (κ2) is 5.89. The van der Waals surface area contributed by atoms with Gasteiger partial charge in [0.05, 0.1) is 5.75 Å². The molecule has 1 N–H and O–H groups in total. The van der Waals surface area contributed by atoms with Gasteiger partial charge in [-0.05, 0) is 19.3 Å². The molecule has 1 aromatic rings. The molecular weight excluding hydrogens is 226 g/mol. The number of nitrogens with zero attached hydrogens (tertiary/aromatic N) is 3. The molecule has 90 valence electrons. The van der Waals surface area contributed by atoms with Gasteiger partial charge in [-0.15, -0.1) is 10.2 Å². The number of carbonyl (C=O) groups is 1. The summed E-state index contributed by atoms with van der Waals surface area (Å²) in [7, 11) is 0. The maximum absolute atomic E-state index is 10.5. The quantitative estimate of drug-likeness (QED) is 0.772. The summed E-state index contributed by atoms with van der Waals surface area (Å²) in [5.41, 5.74) is 0. The molecule has 0 spiro atoms. The summed E-state index contributed by atoms with van der Waals surface area (Å²) in [5, 5.41) is 17.3. The number of rotatable bonds is 6. The summed E-state index contributed by atoms with van der Waals surface area (Å²) in [6, 6.07) is 0. The van der Waals surface area contributed by atoms with E-state index < -0.39 is 5.97 Å². The lowest BCUT2D eigenvalue weighted by atomic mass is 10.1. The summed E-state index contributed by atoms with van der Waals surface area (Å²) in [6.07, 6.45) is 1.04. The molecule has 0 fully saturated rings. The molecule has 0 atom stereocenters. The molecule has 0 unspecified atom stereocenters. The monoisotopic (exact) mass is 243 g/mol. The van der Waals surface area contributed by atoms with E-state index in [0.717, 1.165) is 18.8 Å². The van der Waals surface area contributed by atoms with Gasteiger partial charge in [-0.2, -0.15) is 0 Å². The van der Waals surface area contributed by atoms with Gasteiger partial charge in [0.1, 0.15) is 5.82 Å². The molecule has 1 rings (SSSR count). The predicted molar refractivity (Wildman–Crippen MR) is 62.6 cm³/mol. The Balaban J connectivity index is 2.65. The van der Waals surface area contributed by atoms with E-state index in [0.29, 0.717) is 11.1 Å². The number of thioether (sulfide) groups is 1. The van der Waals surface area contributed by atoms with Crippen LogP contribution in [0.1, 0.15) is 26.1 Å². The molecule has 1 heterocycles. The molecule has 0 aliphatic rings. The molecule has 0 bridgehead atoms. The molecule has 16 heavy (non-hydrogen) atoms. The minimum absolute atomic E-state index is 0.0276. The maximum atomic E-state index is 10.5. The number of hydrogen-bond donors (Lipinski definition) is 1. The minimum atomic E-state index is -0.832. The molecule has 0 saturated carbocycles. The number of carboxylic acids is 1. The van der Waals surface area contributed by atoms with Gasteiger partial charge >= 0.3 is 5.97 Å². The van der Waals surface area contributed by atoms with Crippen LogP contribution in [0.15, 0.2) is 5.16 Å². The topological polar surface area (TPSA) is 68.0 Å². The molecule has 0 amide bonds. The first-order valence-electron chi connectivity index (χ1n) is 5.25. The SMILES string of the molecule is Cc1nnc(SCC(=O)O)n1CCC(C)C. The van der Waals surface area contributed by atoms with Crippen LogP contribution in [-0.4, -0.2) is 31.6 Å². The number of hydrogen-bond acceptors (Lipinski definition) is 4. The van der Waals surface area contributed by atoms with Gasteiger partial charge in [0.2, 0.25) is 0 Å². The Kier molecular flexibility index (Phi) is 4.79. The van der Waals surface area contributed by atoms with Crippen LogP contribution in [0.2, 0.25) is 0 Å². The molecule has 0 aliphatic heterocycles. The molecule has 0 aliphatic carbocycles. The lowest BCUT2D eigenvalue weighted by Crippen LogP contribution is -2.06. The Morgan fingerprint density at radius 2 is 2.19 bits per heavy atom. The van der Waals surface area contributed by atoms with Crippen molar-refractivity contribution in [3.05, 3.63) is 5.82 Å². The van der Waals surface area contributed by atoms with E-state index in [1.54, 1.807) is 0 Å². The van der Waals surface area contributed by atoms with Gasteiger partial charge in [-0.3, -0.25) is 4.79 Å². The first-order valence-corrected chi connectivity index (χ1v) is 6.23. The Labute approximate surface area is 99.3 Å². The third-order valence-electron chi connectivity index (χ3n) is 2.16. The van der Waals surface area contributed by atoms with E-state index >= 15 is 0 Å². The van der Waals surface area contributed by atoms with Gasteiger partial charge < -0.3 is 9.67 Å². The molecule has 0 saturated heterocycles. The third kappa shape index (κ3) is 3.84. The molecule has 1 aromatic heterocycles. The summed E-state index contributed by atoms with van der Waals surface area (Å²) in [6.45, 7) is 7.05. The summed E-state index contributed by atoms with van der Waals surface area (Å²) < 4.78 is 1.98. The van der Waals surface area contributed by atoms with Crippen LogP contribution < -0.4 is 0 Å². The van der Waals surface area contributed by atoms with Gasteiger partial charge in [-0.25, -0.2) is 0 Å². The van der Waals surface area contributed by atoms with Gasteiger partial charge in [-0.1, -0.05) is 25.6 Å². The summed E-state index contributed by atoms with van der Waals surface area (Å²) >= 11 is 1.22. The van der Waals surface area contributed by atoms with Crippen LogP contribution in [0.4, 0.5) is 0 Å². The zero-order valence-electron chi connectivity index (χ0n) is 9.80.